The molecule has 1 N–H and O–H groups in total. The highest BCUT2D eigenvalue weighted by atomic mass is 16.5. The van der Waals surface area contributed by atoms with Crippen LogP contribution in [0, 0.1) is 0 Å². The Bertz CT molecular complexity index is 398. The molecule has 94 valence electrons. The molecule has 0 aliphatic carbocycles. The fourth-order valence-corrected chi connectivity index (χ4v) is 1.16. The summed E-state index contributed by atoms with van der Waals surface area (Å²) in [5, 5.41) is 9.34. The summed E-state index contributed by atoms with van der Waals surface area (Å²) in [5.41, 5.74) is -0.617. The number of allylic oxidation sites excluding steroid dienone is 1. The number of carbonyl (C=O) groups excluding carboxylic acids is 3. The van der Waals surface area contributed by atoms with Crippen molar-refractivity contribution in [3.8, 4) is 0 Å². The van der Waals surface area contributed by atoms with E-state index in [9.17, 15) is 19.5 Å². The zero-order chi connectivity index (χ0) is 13.6. The maximum atomic E-state index is 11.4. The fourth-order valence-electron chi connectivity index (χ4n) is 1.16. The van der Waals surface area contributed by atoms with Gasteiger partial charge < -0.3 is 14.6 Å². The second kappa shape index (κ2) is 6.47. The summed E-state index contributed by atoms with van der Waals surface area (Å²) in [7, 11) is 2.22. The van der Waals surface area contributed by atoms with E-state index in [1.807, 2.05) is 0 Å². The van der Waals surface area contributed by atoms with Crippen molar-refractivity contribution in [3.63, 3.8) is 0 Å². The summed E-state index contributed by atoms with van der Waals surface area (Å²) in [5.74, 6) is -2.68. The van der Waals surface area contributed by atoms with Crippen molar-refractivity contribution >= 4 is 17.7 Å². The van der Waals surface area contributed by atoms with E-state index in [1.165, 1.54) is 6.92 Å². The van der Waals surface area contributed by atoms with E-state index < -0.39 is 17.7 Å². The Morgan fingerprint density at radius 3 is 1.88 bits per heavy atom. The number of hydrogen-bond acceptors (Lipinski definition) is 6. The van der Waals surface area contributed by atoms with E-state index in [1.54, 1.807) is 0 Å². The summed E-state index contributed by atoms with van der Waals surface area (Å²) in [6.45, 7) is 2.38. The molecule has 0 aromatic carbocycles. The Labute approximate surface area is 98.5 Å². The third kappa shape index (κ3) is 4.10. The van der Waals surface area contributed by atoms with Crippen molar-refractivity contribution in [2.45, 2.75) is 13.8 Å². The number of Topliss-reactive ketones (excluding diaryl/α,β-unsaturated/α-hetero) is 1. The monoisotopic (exact) mass is 242 g/mol. The zero-order valence-electron chi connectivity index (χ0n) is 10.1. The number of hydrogen-bond donors (Lipinski definition) is 1. The predicted molar refractivity (Wildman–Crippen MR) is 58.1 cm³/mol. The van der Waals surface area contributed by atoms with Gasteiger partial charge in [-0.1, -0.05) is 0 Å². The molecule has 0 fully saturated rings. The van der Waals surface area contributed by atoms with Gasteiger partial charge in [0, 0.05) is 6.08 Å². The SMILES string of the molecule is COC(=O)/C=C(C(=O)OC)\C(C(C)=O)=C(/C)O. The molecule has 0 aliphatic rings. The van der Waals surface area contributed by atoms with Crippen LogP contribution < -0.4 is 0 Å². The highest BCUT2D eigenvalue weighted by Crippen LogP contribution is 2.16. The first-order chi connectivity index (χ1) is 7.84. The van der Waals surface area contributed by atoms with Crippen LogP contribution in [-0.4, -0.2) is 37.0 Å². The summed E-state index contributed by atoms with van der Waals surface area (Å²) >= 11 is 0. The molecule has 0 heterocycles. The number of rotatable bonds is 4. The summed E-state index contributed by atoms with van der Waals surface area (Å²) < 4.78 is 8.77. The Kier molecular flexibility index (Phi) is 5.66. The van der Waals surface area contributed by atoms with E-state index in [4.69, 9.17) is 0 Å². The van der Waals surface area contributed by atoms with Gasteiger partial charge in [0.1, 0.15) is 5.76 Å². The Balaban J connectivity index is 5.71. The Morgan fingerprint density at radius 2 is 1.59 bits per heavy atom. The van der Waals surface area contributed by atoms with Crippen LogP contribution in [0.15, 0.2) is 23.0 Å². The van der Waals surface area contributed by atoms with E-state index in [2.05, 4.69) is 9.47 Å². The minimum absolute atomic E-state index is 0.276. The van der Waals surface area contributed by atoms with Crippen LogP contribution in [0.3, 0.4) is 0 Å². The highest BCUT2D eigenvalue weighted by Gasteiger charge is 2.22. The van der Waals surface area contributed by atoms with Crippen LogP contribution in [0.4, 0.5) is 0 Å². The minimum Gasteiger partial charge on any atom is -0.512 e. The lowest BCUT2D eigenvalue weighted by molar-refractivity contribution is -0.138. The lowest BCUT2D eigenvalue weighted by Gasteiger charge is -2.08. The van der Waals surface area contributed by atoms with Gasteiger partial charge in [0.05, 0.1) is 25.4 Å². The third-order valence-electron chi connectivity index (χ3n) is 1.85. The average molecular weight is 242 g/mol. The standard InChI is InChI=1S/C11H14O6/c1-6(12)10(7(2)13)8(11(15)17-4)5-9(14)16-3/h5,12H,1-4H3/b8-5+,10-6+. The van der Waals surface area contributed by atoms with E-state index in [0.717, 1.165) is 27.2 Å². The Hall–Kier alpha value is -2.11. The quantitative estimate of drug-likeness (QED) is 0.337. The molecule has 0 spiro atoms. The molecule has 0 rings (SSSR count). The maximum absolute atomic E-state index is 11.4. The van der Waals surface area contributed by atoms with Crippen molar-refractivity contribution < 1.29 is 29.0 Å². The lowest BCUT2D eigenvalue weighted by atomic mass is 10.0. The predicted octanol–water partition coefficient (Wildman–Crippen LogP) is 0.680. The van der Waals surface area contributed by atoms with Gasteiger partial charge in [-0.25, -0.2) is 9.59 Å². The second-order valence-electron chi connectivity index (χ2n) is 3.09. The number of carbonyl (C=O) groups is 3. The number of ketones is 1. The molecular weight excluding hydrogens is 228 g/mol. The van der Waals surface area contributed by atoms with E-state index >= 15 is 0 Å². The van der Waals surface area contributed by atoms with Crippen LogP contribution in [0.25, 0.3) is 0 Å². The van der Waals surface area contributed by atoms with Crippen LogP contribution in [-0.2, 0) is 23.9 Å². The smallest absolute Gasteiger partial charge is 0.338 e. The van der Waals surface area contributed by atoms with Gasteiger partial charge in [0.25, 0.3) is 0 Å². The number of aliphatic hydroxyl groups excluding tert-OH is 1. The summed E-state index contributed by atoms with van der Waals surface area (Å²) in [6, 6.07) is 0. The third-order valence-corrected chi connectivity index (χ3v) is 1.85. The maximum Gasteiger partial charge on any atom is 0.338 e. The Morgan fingerprint density at radius 1 is 1.06 bits per heavy atom. The second-order valence-corrected chi connectivity index (χ2v) is 3.09. The molecule has 6 nitrogen and oxygen atoms in total. The fraction of sp³-hybridized carbons (Fsp3) is 0.364. The van der Waals surface area contributed by atoms with Crippen molar-refractivity contribution in [2.24, 2.45) is 0 Å². The first-order valence-electron chi connectivity index (χ1n) is 4.64. The molecule has 0 aromatic heterocycles. The van der Waals surface area contributed by atoms with Crippen molar-refractivity contribution in [1.82, 2.24) is 0 Å². The zero-order valence-corrected chi connectivity index (χ0v) is 10.1. The summed E-state index contributed by atoms with van der Waals surface area (Å²) in [4.78, 5) is 33.8. The number of methoxy groups -OCH3 is 2. The van der Waals surface area contributed by atoms with Crippen LogP contribution >= 0.6 is 0 Å². The lowest BCUT2D eigenvalue weighted by Crippen LogP contribution is -2.15. The molecule has 6 heteroatoms. The van der Waals surface area contributed by atoms with Gasteiger partial charge in [0.15, 0.2) is 5.78 Å². The van der Waals surface area contributed by atoms with Crippen molar-refractivity contribution in [1.29, 1.82) is 0 Å². The first-order valence-corrected chi connectivity index (χ1v) is 4.64. The largest absolute Gasteiger partial charge is 0.512 e. The van der Waals surface area contributed by atoms with Gasteiger partial charge in [-0.05, 0) is 13.8 Å². The van der Waals surface area contributed by atoms with E-state index in [0.29, 0.717) is 0 Å². The molecule has 17 heavy (non-hydrogen) atoms. The normalized spacial score (nSPS) is 12.6. The van der Waals surface area contributed by atoms with Gasteiger partial charge in [-0.3, -0.25) is 4.79 Å². The van der Waals surface area contributed by atoms with Gasteiger partial charge >= 0.3 is 11.9 Å². The van der Waals surface area contributed by atoms with Gasteiger partial charge in [-0.15, -0.1) is 0 Å². The van der Waals surface area contributed by atoms with Crippen molar-refractivity contribution in [2.75, 3.05) is 14.2 Å². The topological polar surface area (TPSA) is 89.9 Å². The average Bonchev–Trinajstić information content (AvgIpc) is 2.25. The number of esters is 2. The number of aliphatic hydroxyl groups is 1. The summed E-state index contributed by atoms with van der Waals surface area (Å²) in [6.07, 6.45) is 0.794. The number of ether oxygens (including phenoxy) is 2. The first kappa shape index (κ1) is 14.9. The molecule has 0 saturated carbocycles. The highest BCUT2D eigenvalue weighted by molar-refractivity contribution is 6.11. The molecule has 0 atom stereocenters. The molecule has 0 radical (unpaired) electrons. The van der Waals surface area contributed by atoms with Crippen LogP contribution in [0.5, 0.6) is 0 Å². The molecule has 0 bridgehead atoms. The van der Waals surface area contributed by atoms with E-state index in [-0.39, 0.29) is 16.9 Å². The molecule has 0 aliphatic heterocycles. The molecular formula is C11H14O6. The molecule has 0 saturated heterocycles. The van der Waals surface area contributed by atoms with Crippen LogP contribution in [0.1, 0.15) is 13.8 Å². The molecule has 0 unspecified atom stereocenters. The molecule has 0 aromatic rings. The minimum atomic E-state index is -0.908. The molecule has 0 amide bonds. The van der Waals surface area contributed by atoms with Crippen molar-refractivity contribution in [3.05, 3.63) is 23.0 Å². The van der Waals surface area contributed by atoms with Gasteiger partial charge in [0.2, 0.25) is 0 Å². The van der Waals surface area contributed by atoms with Gasteiger partial charge in [-0.2, -0.15) is 0 Å². The van der Waals surface area contributed by atoms with Crippen LogP contribution in [0.2, 0.25) is 0 Å².